The Hall–Kier alpha value is -3.26. The van der Waals surface area contributed by atoms with Crippen molar-refractivity contribution in [1.82, 2.24) is 0 Å². The Balaban J connectivity index is 1.54. The SMILES string of the molecule is Cc1cccc(N2C(=O)CS[C@@H]2c2cccc(NC(=O)c3ccc(C(F)(F)F)cc3)c2)c1. The molecule has 1 saturated heterocycles. The molecule has 1 aliphatic heterocycles. The number of carbonyl (C=O) groups excluding carboxylic acids is 2. The van der Waals surface area contributed by atoms with Gasteiger partial charge in [0.1, 0.15) is 5.37 Å². The van der Waals surface area contributed by atoms with Crippen LogP contribution < -0.4 is 10.2 Å². The number of amides is 2. The monoisotopic (exact) mass is 456 g/mol. The van der Waals surface area contributed by atoms with Gasteiger partial charge < -0.3 is 5.32 Å². The number of anilines is 2. The number of hydrogen-bond acceptors (Lipinski definition) is 3. The molecule has 2 amide bonds. The van der Waals surface area contributed by atoms with Gasteiger partial charge in [-0.3, -0.25) is 14.5 Å². The van der Waals surface area contributed by atoms with Gasteiger partial charge in [0.05, 0.1) is 11.3 Å². The van der Waals surface area contributed by atoms with Crippen molar-refractivity contribution in [2.24, 2.45) is 0 Å². The summed E-state index contributed by atoms with van der Waals surface area (Å²) in [6.07, 6.45) is -4.46. The van der Waals surface area contributed by atoms with Crippen LogP contribution in [0, 0.1) is 6.92 Å². The Morgan fingerprint density at radius 3 is 2.44 bits per heavy atom. The molecule has 1 N–H and O–H groups in total. The van der Waals surface area contributed by atoms with Crippen LogP contribution in [0.25, 0.3) is 0 Å². The van der Waals surface area contributed by atoms with Crippen molar-refractivity contribution >= 4 is 35.0 Å². The van der Waals surface area contributed by atoms with Crippen LogP contribution in [-0.2, 0) is 11.0 Å². The molecular weight excluding hydrogens is 437 g/mol. The fourth-order valence-electron chi connectivity index (χ4n) is 3.51. The Bertz CT molecular complexity index is 1160. The third-order valence-electron chi connectivity index (χ3n) is 5.05. The Kier molecular flexibility index (Phi) is 5.97. The number of halogens is 3. The van der Waals surface area contributed by atoms with Gasteiger partial charge in [0.25, 0.3) is 5.91 Å². The Morgan fingerprint density at radius 2 is 1.75 bits per heavy atom. The first-order valence-corrected chi connectivity index (χ1v) is 10.9. The molecule has 4 nitrogen and oxygen atoms in total. The summed E-state index contributed by atoms with van der Waals surface area (Å²) < 4.78 is 38.2. The second-order valence-corrected chi connectivity index (χ2v) is 8.49. The highest BCUT2D eigenvalue weighted by Gasteiger charge is 2.34. The molecule has 3 aromatic carbocycles. The number of nitrogens with zero attached hydrogens (tertiary/aromatic N) is 1. The number of thioether (sulfide) groups is 1. The standard InChI is InChI=1S/C24H19F3N2O2S/c1-15-4-2-7-20(12-15)29-21(30)14-32-23(29)17-5-3-6-19(13-17)28-22(31)16-8-10-18(11-9-16)24(25,26)27/h2-13,23H,14H2,1H3,(H,28,31)/t23-/m1/s1. The van der Waals surface area contributed by atoms with Gasteiger partial charge in [0.2, 0.25) is 5.91 Å². The van der Waals surface area contributed by atoms with Crippen LogP contribution in [0.3, 0.4) is 0 Å². The van der Waals surface area contributed by atoms with E-state index in [0.29, 0.717) is 11.4 Å². The van der Waals surface area contributed by atoms with Gasteiger partial charge in [-0.1, -0.05) is 24.3 Å². The molecular formula is C24H19F3N2O2S. The lowest BCUT2D eigenvalue weighted by Crippen LogP contribution is -2.27. The van der Waals surface area contributed by atoms with E-state index >= 15 is 0 Å². The van der Waals surface area contributed by atoms with Crippen molar-refractivity contribution in [3.8, 4) is 0 Å². The molecule has 3 aromatic rings. The fraction of sp³-hybridized carbons (Fsp3) is 0.167. The lowest BCUT2D eigenvalue weighted by molar-refractivity contribution is -0.137. The van der Waals surface area contributed by atoms with Crippen LogP contribution in [0.1, 0.15) is 32.4 Å². The maximum Gasteiger partial charge on any atom is 0.416 e. The molecule has 32 heavy (non-hydrogen) atoms. The van der Waals surface area contributed by atoms with E-state index in [-0.39, 0.29) is 16.8 Å². The smallest absolute Gasteiger partial charge is 0.322 e. The van der Waals surface area contributed by atoms with E-state index in [2.05, 4.69) is 5.32 Å². The predicted octanol–water partition coefficient (Wildman–Crippen LogP) is 6.04. The van der Waals surface area contributed by atoms with Crippen molar-refractivity contribution in [3.63, 3.8) is 0 Å². The van der Waals surface area contributed by atoms with Crippen molar-refractivity contribution in [2.75, 3.05) is 16.0 Å². The lowest BCUT2D eigenvalue weighted by Gasteiger charge is -2.25. The van der Waals surface area contributed by atoms with Crippen LogP contribution in [0.15, 0.2) is 72.8 Å². The molecule has 0 aliphatic carbocycles. The van der Waals surface area contributed by atoms with Crippen LogP contribution in [0.2, 0.25) is 0 Å². The van der Waals surface area contributed by atoms with Crippen molar-refractivity contribution in [1.29, 1.82) is 0 Å². The molecule has 164 valence electrons. The molecule has 1 heterocycles. The van der Waals surface area contributed by atoms with Crippen LogP contribution in [-0.4, -0.2) is 17.6 Å². The summed E-state index contributed by atoms with van der Waals surface area (Å²) in [6.45, 7) is 1.96. The highest BCUT2D eigenvalue weighted by Crippen LogP contribution is 2.42. The summed E-state index contributed by atoms with van der Waals surface area (Å²) in [5, 5.41) is 2.48. The minimum absolute atomic E-state index is 0.00444. The van der Waals surface area contributed by atoms with E-state index in [4.69, 9.17) is 0 Å². The highest BCUT2D eigenvalue weighted by molar-refractivity contribution is 8.00. The van der Waals surface area contributed by atoms with Crippen molar-refractivity contribution in [2.45, 2.75) is 18.5 Å². The Labute approximate surface area is 187 Å². The molecule has 4 rings (SSSR count). The highest BCUT2D eigenvalue weighted by atomic mass is 32.2. The molecule has 1 fully saturated rings. The summed E-state index contributed by atoms with van der Waals surface area (Å²) >= 11 is 1.50. The van der Waals surface area contributed by atoms with Gasteiger partial charge >= 0.3 is 6.18 Å². The fourth-order valence-corrected chi connectivity index (χ4v) is 4.68. The van der Waals surface area contributed by atoms with Crippen LogP contribution in [0.4, 0.5) is 24.5 Å². The number of benzene rings is 3. The van der Waals surface area contributed by atoms with Gasteiger partial charge in [-0.25, -0.2) is 0 Å². The van der Waals surface area contributed by atoms with Gasteiger partial charge in [-0.05, 0) is 66.6 Å². The molecule has 0 bridgehead atoms. The second kappa shape index (κ2) is 8.70. The normalized spacial score (nSPS) is 16.3. The average molecular weight is 456 g/mol. The summed E-state index contributed by atoms with van der Waals surface area (Å²) in [5.41, 5.74) is 2.50. The number of carbonyl (C=O) groups is 2. The number of rotatable bonds is 4. The topological polar surface area (TPSA) is 49.4 Å². The minimum Gasteiger partial charge on any atom is -0.322 e. The van der Waals surface area contributed by atoms with Crippen molar-refractivity contribution in [3.05, 3.63) is 95.1 Å². The van der Waals surface area contributed by atoms with Gasteiger partial charge in [0, 0.05) is 16.9 Å². The molecule has 1 aliphatic rings. The first-order chi connectivity index (χ1) is 15.2. The van der Waals surface area contributed by atoms with Gasteiger partial charge in [-0.15, -0.1) is 11.8 Å². The number of aryl methyl sites for hydroxylation is 1. The van der Waals surface area contributed by atoms with E-state index in [0.717, 1.165) is 41.1 Å². The van der Waals surface area contributed by atoms with Crippen molar-refractivity contribution < 1.29 is 22.8 Å². The molecule has 0 spiro atoms. The van der Waals surface area contributed by atoms with E-state index in [1.165, 1.54) is 11.8 Å². The second-order valence-electron chi connectivity index (χ2n) is 7.42. The molecule has 8 heteroatoms. The molecule has 1 atom stereocenters. The minimum atomic E-state index is -4.46. The largest absolute Gasteiger partial charge is 0.416 e. The number of alkyl halides is 3. The lowest BCUT2D eigenvalue weighted by atomic mass is 10.1. The van der Waals surface area contributed by atoms with E-state index in [1.54, 1.807) is 23.1 Å². The van der Waals surface area contributed by atoms with E-state index < -0.39 is 17.6 Å². The summed E-state index contributed by atoms with van der Waals surface area (Å²) in [5.74, 6) is -0.160. The molecule has 0 aromatic heterocycles. The molecule has 0 unspecified atom stereocenters. The zero-order valence-electron chi connectivity index (χ0n) is 17.0. The summed E-state index contributed by atoms with van der Waals surface area (Å²) in [7, 11) is 0. The maximum atomic E-state index is 12.7. The summed E-state index contributed by atoms with van der Waals surface area (Å²) in [6, 6.07) is 18.9. The van der Waals surface area contributed by atoms with E-state index in [9.17, 15) is 22.8 Å². The Morgan fingerprint density at radius 1 is 1.03 bits per heavy atom. The first kappa shape index (κ1) is 22.0. The third kappa shape index (κ3) is 4.65. The zero-order valence-corrected chi connectivity index (χ0v) is 17.8. The van der Waals surface area contributed by atoms with Gasteiger partial charge in [-0.2, -0.15) is 13.2 Å². The average Bonchev–Trinajstić information content (AvgIpc) is 3.15. The molecule has 0 saturated carbocycles. The zero-order chi connectivity index (χ0) is 22.9. The molecule has 0 radical (unpaired) electrons. The number of hydrogen-bond donors (Lipinski definition) is 1. The van der Waals surface area contributed by atoms with Crippen LogP contribution in [0.5, 0.6) is 0 Å². The predicted molar refractivity (Wildman–Crippen MR) is 120 cm³/mol. The van der Waals surface area contributed by atoms with Gasteiger partial charge in [0.15, 0.2) is 0 Å². The first-order valence-electron chi connectivity index (χ1n) is 9.81. The quantitative estimate of drug-likeness (QED) is 0.520. The number of nitrogens with one attached hydrogen (secondary N) is 1. The third-order valence-corrected chi connectivity index (χ3v) is 6.26. The van der Waals surface area contributed by atoms with E-state index in [1.807, 2.05) is 37.3 Å². The van der Waals surface area contributed by atoms with Crippen LogP contribution >= 0.6 is 11.8 Å². The maximum absolute atomic E-state index is 12.7. The summed E-state index contributed by atoms with van der Waals surface area (Å²) in [4.78, 5) is 26.8.